The maximum Gasteiger partial charge on any atom is 0.243 e. The number of benzene rings is 1. The van der Waals surface area contributed by atoms with Gasteiger partial charge in [0.2, 0.25) is 15.9 Å². The molecule has 1 fully saturated rings. The standard InChI is InChI=1S/C15H23N3O4S/c1-12(11-16-2)15(19)17-13-4-3-5-14(10-13)23(20,21)18-6-8-22-9-7-18/h3-5,10,12,16H,6-9,11H2,1-2H3,(H,17,19). The van der Waals surface area contributed by atoms with Crippen LogP contribution in [0, 0.1) is 5.92 Å². The molecular weight excluding hydrogens is 318 g/mol. The number of nitrogens with zero attached hydrogens (tertiary/aromatic N) is 1. The average Bonchev–Trinajstić information content (AvgIpc) is 2.56. The normalized spacial score (nSPS) is 17.7. The van der Waals surface area contributed by atoms with Gasteiger partial charge in [-0.15, -0.1) is 0 Å². The van der Waals surface area contributed by atoms with Crippen molar-refractivity contribution in [2.75, 3.05) is 45.2 Å². The largest absolute Gasteiger partial charge is 0.379 e. The van der Waals surface area contributed by atoms with Crippen LogP contribution in [0.3, 0.4) is 0 Å². The zero-order valence-electron chi connectivity index (χ0n) is 13.4. The molecule has 23 heavy (non-hydrogen) atoms. The molecule has 0 spiro atoms. The molecule has 1 heterocycles. The Hall–Kier alpha value is -1.48. The molecule has 1 aromatic carbocycles. The molecule has 1 aliphatic heterocycles. The summed E-state index contributed by atoms with van der Waals surface area (Å²) in [5.74, 6) is -0.361. The van der Waals surface area contributed by atoms with Crippen LogP contribution in [0.1, 0.15) is 6.92 Å². The molecule has 1 unspecified atom stereocenters. The predicted octanol–water partition coefficient (Wildman–Crippen LogP) is 0.502. The van der Waals surface area contributed by atoms with E-state index in [4.69, 9.17) is 4.74 Å². The second-order valence-corrected chi connectivity index (χ2v) is 7.43. The summed E-state index contributed by atoms with van der Waals surface area (Å²) < 4.78 is 31.8. The minimum atomic E-state index is -3.56. The van der Waals surface area contributed by atoms with E-state index in [0.717, 1.165) is 0 Å². The zero-order chi connectivity index (χ0) is 16.9. The van der Waals surface area contributed by atoms with Gasteiger partial charge in [-0.25, -0.2) is 8.42 Å². The number of hydrogen-bond donors (Lipinski definition) is 2. The van der Waals surface area contributed by atoms with Gasteiger partial charge in [-0.2, -0.15) is 4.31 Å². The fourth-order valence-electron chi connectivity index (χ4n) is 2.33. The Kier molecular flexibility index (Phi) is 6.11. The Labute approximate surface area is 137 Å². The lowest BCUT2D eigenvalue weighted by Gasteiger charge is -2.26. The van der Waals surface area contributed by atoms with Crippen LogP contribution in [0.2, 0.25) is 0 Å². The predicted molar refractivity (Wildman–Crippen MR) is 87.7 cm³/mol. The van der Waals surface area contributed by atoms with Gasteiger partial charge in [-0.3, -0.25) is 4.79 Å². The summed E-state index contributed by atoms with van der Waals surface area (Å²) in [7, 11) is -1.78. The monoisotopic (exact) mass is 341 g/mol. The van der Waals surface area contributed by atoms with E-state index in [1.165, 1.54) is 16.4 Å². The van der Waals surface area contributed by atoms with Gasteiger partial charge in [0, 0.05) is 31.2 Å². The number of carbonyl (C=O) groups excluding carboxylic acids is 1. The highest BCUT2D eigenvalue weighted by Crippen LogP contribution is 2.20. The molecule has 1 atom stereocenters. The number of ether oxygens (including phenoxy) is 1. The van der Waals surface area contributed by atoms with E-state index in [0.29, 0.717) is 38.5 Å². The third-order valence-corrected chi connectivity index (χ3v) is 5.56. The van der Waals surface area contributed by atoms with Crippen molar-refractivity contribution in [3.63, 3.8) is 0 Å². The summed E-state index contributed by atoms with van der Waals surface area (Å²) in [5.41, 5.74) is 0.479. The molecule has 128 valence electrons. The van der Waals surface area contributed by atoms with Crippen molar-refractivity contribution >= 4 is 21.6 Å². The van der Waals surface area contributed by atoms with Gasteiger partial charge in [-0.05, 0) is 25.2 Å². The lowest BCUT2D eigenvalue weighted by molar-refractivity contribution is -0.119. The Balaban J connectivity index is 2.14. The van der Waals surface area contributed by atoms with E-state index in [9.17, 15) is 13.2 Å². The van der Waals surface area contributed by atoms with Crippen molar-refractivity contribution in [1.29, 1.82) is 0 Å². The number of hydrogen-bond acceptors (Lipinski definition) is 5. The molecule has 1 saturated heterocycles. The first-order chi connectivity index (χ1) is 10.9. The molecule has 0 aliphatic carbocycles. The van der Waals surface area contributed by atoms with Gasteiger partial charge >= 0.3 is 0 Å². The van der Waals surface area contributed by atoms with Gasteiger partial charge in [0.25, 0.3) is 0 Å². The molecule has 8 heteroatoms. The number of nitrogens with one attached hydrogen (secondary N) is 2. The molecule has 0 bridgehead atoms. The third kappa shape index (κ3) is 4.51. The smallest absolute Gasteiger partial charge is 0.243 e. The highest BCUT2D eigenvalue weighted by atomic mass is 32.2. The van der Waals surface area contributed by atoms with Crippen molar-refractivity contribution in [1.82, 2.24) is 9.62 Å². The molecule has 7 nitrogen and oxygen atoms in total. The van der Waals surface area contributed by atoms with E-state index in [2.05, 4.69) is 10.6 Å². The van der Waals surface area contributed by atoms with Crippen LogP contribution in [0.25, 0.3) is 0 Å². The summed E-state index contributed by atoms with van der Waals surface area (Å²) in [6, 6.07) is 6.35. The summed E-state index contributed by atoms with van der Waals surface area (Å²) in [5, 5.41) is 5.69. The molecule has 0 saturated carbocycles. The second kappa shape index (κ2) is 7.87. The quantitative estimate of drug-likeness (QED) is 0.787. The van der Waals surface area contributed by atoms with Crippen LogP contribution in [0.5, 0.6) is 0 Å². The van der Waals surface area contributed by atoms with E-state index in [1.54, 1.807) is 26.1 Å². The fourth-order valence-corrected chi connectivity index (χ4v) is 3.79. The summed E-state index contributed by atoms with van der Waals surface area (Å²) >= 11 is 0. The molecule has 2 rings (SSSR count). The van der Waals surface area contributed by atoms with Gasteiger partial charge in [0.15, 0.2) is 0 Å². The van der Waals surface area contributed by atoms with Crippen molar-refractivity contribution in [3.05, 3.63) is 24.3 Å². The topological polar surface area (TPSA) is 87.7 Å². The number of sulfonamides is 1. The molecule has 0 radical (unpaired) electrons. The molecule has 1 amide bonds. The van der Waals surface area contributed by atoms with Gasteiger partial charge in [0.1, 0.15) is 0 Å². The van der Waals surface area contributed by atoms with Crippen LogP contribution < -0.4 is 10.6 Å². The summed E-state index contributed by atoms with van der Waals surface area (Å²) in [4.78, 5) is 12.2. The second-order valence-electron chi connectivity index (χ2n) is 5.49. The van der Waals surface area contributed by atoms with Crippen LogP contribution in [0.4, 0.5) is 5.69 Å². The van der Waals surface area contributed by atoms with Crippen LogP contribution >= 0.6 is 0 Å². The van der Waals surface area contributed by atoms with Crippen LogP contribution in [0.15, 0.2) is 29.2 Å². The van der Waals surface area contributed by atoms with Crippen LogP contribution in [-0.2, 0) is 19.6 Å². The van der Waals surface area contributed by atoms with E-state index in [-0.39, 0.29) is 16.7 Å². The highest BCUT2D eigenvalue weighted by Gasteiger charge is 2.26. The Morgan fingerprint density at radius 2 is 2.04 bits per heavy atom. The average molecular weight is 341 g/mol. The van der Waals surface area contributed by atoms with Crippen LogP contribution in [-0.4, -0.2) is 58.5 Å². The highest BCUT2D eigenvalue weighted by molar-refractivity contribution is 7.89. The summed E-state index contributed by atoms with van der Waals surface area (Å²) in [6.07, 6.45) is 0. The Morgan fingerprint density at radius 3 is 2.70 bits per heavy atom. The van der Waals surface area contributed by atoms with Gasteiger partial charge < -0.3 is 15.4 Å². The lowest BCUT2D eigenvalue weighted by atomic mass is 10.1. The van der Waals surface area contributed by atoms with Crippen molar-refractivity contribution in [3.8, 4) is 0 Å². The number of amides is 1. The number of carbonyl (C=O) groups is 1. The maximum atomic E-state index is 12.6. The number of anilines is 1. The Morgan fingerprint density at radius 1 is 1.35 bits per heavy atom. The molecular formula is C15H23N3O4S. The maximum absolute atomic E-state index is 12.6. The Bertz CT molecular complexity index is 642. The summed E-state index contributed by atoms with van der Waals surface area (Å²) in [6.45, 7) is 3.85. The van der Waals surface area contributed by atoms with Crippen molar-refractivity contribution in [2.45, 2.75) is 11.8 Å². The minimum absolute atomic E-state index is 0.153. The first kappa shape index (κ1) is 17.9. The van der Waals surface area contributed by atoms with E-state index in [1.807, 2.05) is 0 Å². The minimum Gasteiger partial charge on any atom is -0.379 e. The van der Waals surface area contributed by atoms with Gasteiger partial charge in [-0.1, -0.05) is 13.0 Å². The molecule has 1 aliphatic rings. The fraction of sp³-hybridized carbons (Fsp3) is 0.533. The van der Waals surface area contributed by atoms with E-state index >= 15 is 0 Å². The van der Waals surface area contributed by atoms with Crippen molar-refractivity contribution in [2.24, 2.45) is 5.92 Å². The molecule has 2 N–H and O–H groups in total. The first-order valence-corrected chi connectivity index (χ1v) is 9.02. The lowest BCUT2D eigenvalue weighted by Crippen LogP contribution is -2.40. The zero-order valence-corrected chi connectivity index (χ0v) is 14.2. The first-order valence-electron chi connectivity index (χ1n) is 7.58. The number of morpholine rings is 1. The van der Waals surface area contributed by atoms with Gasteiger partial charge in [0.05, 0.1) is 18.1 Å². The van der Waals surface area contributed by atoms with Crippen molar-refractivity contribution < 1.29 is 17.9 Å². The molecule has 1 aromatic rings. The molecule has 0 aromatic heterocycles. The third-order valence-electron chi connectivity index (χ3n) is 3.67. The SMILES string of the molecule is CNCC(C)C(=O)Nc1cccc(S(=O)(=O)N2CCOCC2)c1. The van der Waals surface area contributed by atoms with E-state index < -0.39 is 10.0 Å². The number of rotatable bonds is 6.